The maximum atomic E-state index is 12.6. The first-order chi connectivity index (χ1) is 13.0. The Morgan fingerprint density at radius 3 is 2.52 bits per heavy atom. The van der Waals surface area contributed by atoms with Gasteiger partial charge in [0.25, 0.3) is 5.91 Å². The maximum absolute atomic E-state index is 12.6. The van der Waals surface area contributed by atoms with Gasteiger partial charge in [0.2, 0.25) is 10.0 Å². The number of amides is 1. The number of nitrogens with one attached hydrogen (secondary N) is 1. The van der Waals surface area contributed by atoms with Crippen molar-refractivity contribution in [2.24, 2.45) is 0 Å². The molecular weight excluding hydrogens is 368 g/mol. The molecule has 1 amide bonds. The molecule has 8 heteroatoms. The number of nitrogens with zero attached hydrogens (tertiary/aromatic N) is 1. The molecule has 27 heavy (non-hydrogen) atoms. The van der Waals surface area contributed by atoms with Gasteiger partial charge in [-0.2, -0.15) is 0 Å². The van der Waals surface area contributed by atoms with E-state index >= 15 is 0 Å². The van der Waals surface area contributed by atoms with E-state index in [1.54, 1.807) is 48.4 Å². The fraction of sp³-hybridized carbons (Fsp3) is 0.316. The molecule has 0 unspecified atom stereocenters. The monoisotopic (exact) mass is 390 g/mol. The van der Waals surface area contributed by atoms with Crippen molar-refractivity contribution in [2.75, 3.05) is 33.4 Å². The molecule has 0 aliphatic carbocycles. The van der Waals surface area contributed by atoms with Gasteiger partial charge < -0.3 is 14.4 Å². The zero-order chi connectivity index (χ0) is 19.3. The van der Waals surface area contributed by atoms with E-state index in [-0.39, 0.29) is 17.3 Å². The van der Waals surface area contributed by atoms with Crippen LogP contribution in [0.5, 0.6) is 5.75 Å². The Labute approximate surface area is 158 Å². The molecule has 1 N–H and O–H groups in total. The van der Waals surface area contributed by atoms with Gasteiger partial charge in [-0.05, 0) is 35.9 Å². The fourth-order valence-electron chi connectivity index (χ4n) is 2.75. The molecule has 2 aromatic carbocycles. The van der Waals surface area contributed by atoms with Crippen LogP contribution in [0.15, 0.2) is 53.4 Å². The van der Waals surface area contributed by atoms with E-state index < -0.39 is 10.0 Å². The van der Waals surface area contributed by atoms with Crippen LogP contribution >= 0.6 is 0 Å². The van der Waals surface area contributed by atoms with Gasteiger partial charge in [-0.1, -0.05) is 18.2 Å². The second-order valence-electron chi connectivity index (χ2n) is 6.11. The topological polar surface area (TPSA) is 84.9 Å². The standard InChI is InChI=1S/C19H22N2O5S/c1-25-17-7-5-15(6-8-17)14-20-27(23,24)18-4-2-3-16(13-18)19(22)21-9-11-26-12-10-21/h2-8,13,20H,9-12,14H2,1H3. The molecule has 0 saturated carbocycles. The van der Waals surface area contributed by atoms with E-state index in [1.165, 1.54) is 12.1 Å². The molecule has 1 saturated heterocycles. The van der Waals surface area contributed by atoms with Crippen LogP contribution in [-0.2, 0) is 21.3 Å². The van der Waals surface area contributed by atoms with E-state index in [4.69, 9.17) is 9.47 Å². The average molecular weight is 390 g/mol. The summed E-state index contributed by atoms with van der Waals surface area (Å²) in [6.07, 6.45) is 0. The van der Waals surface area contributed by atoms with Crippen molar-refractivity contribution in [3.8, 4) is 5.75 Å². The number of morpholine rings is 1. The molecule has 3 rings (SSSR count). The van der Waals surface area contributed by atoms with Crippen LogP contribution in [0, 0.1) is 0 Å². The van der Waals surface area contributed by atoms with Crippen LogP contribution in [0.3, 0.4) is 0 Å². The fourth-order valence-corrected chi connectivity index (χ4v) is 3.81. The number of rotatable bonds is 6. The molecule has 0 spiro atoms. The van der Waals surface area contributed by atoms with E-state index in [0.29, 0.717) is 37.6 Å². The Morgan fingerprint density at radius 2 is 1.85 bits per heavy atom. The van der Waals surface area contributed by atoms with Crippen molar-refractivity contribution in [1.82, 2.24) is 9.62 Å². The van der Waals surface area contributed by atoms with Crippen LogP contribution in [-0.4, -0.2) is 52.6 Å². The lowest BCUT2D eigenvalue weighted by atomic mass is 10.2. The summed E-state index contributed by atoms with van der Waals surface area (Å²) in [5.41, 5.74) is 1.16. The van der Waals surface area contributed by atoms with Crippen LogP contribution < -0.4 is 9.46 Å². The average Bonchev–Trinajstić information content (AvgIpc) is 2.73. The Bertz CT molecular complexity index is 891. The van der Waals surface area contributed by atoms with Crippen molar-refractivity contribution >= 4 is 15.9 Å². The van der Waals surface area contributed by atoms with Gasteiger partial charge in [0.15, 0.2) is 0 Å². The number of benzene rings is 2. The number of carbonyl (C=O) groups is 1. The summed E-state index contributed by atoms with van der Waals surface area (Å²) in [4.78, 5) is 14.3. The number of methoxy groups -OCH3 is 1. The summed E-state index contributed by atoms with van der Waals surface area (Å²) < 4.78 is 38.1. The Morgan fingerprint density at radius 1 is 1.15 bits per heavy atom. The first kappa shape index (κ1) is 19.3. The molecule has 144 valence electrons. The lowest BCUT2D eigenvalue weighted by molar-refractivity contribution is 0.0302. The highest BCUT2D eigenvalue weighted by atomic mass is 32.2. The molecule has 1 aliphatic rings. The number of hydrogen-bond acceptors (Lipinski definition) is 5. The summed E-state index contributed by atoms with van der Waals surface area (Å²) in [6, 6.07) is 13.2. The number of carbonyl (C=O) groups excluding carboxylic acids is 1. The highest BCUT2D eigenvalue weighted by Gasteiger charge is 2.21. The smallest absolute Gasteiger partial charge is 0.254 e. The molecule has 2 aromatic rings. The minimum absolute atomic E-state index is 0.0649. The second kappa shape index (κ2) is 8.51. The third kappa shape index (κ3) is 4.85. The lowest BCUT2D eigenvalue weighted by Gasteiger charge is -2.27. The Kier molecular flexibility index (Phi) is 6.10. The Hall–Kier alpha value is -2.42. The minimum Gasteiger partial charge on any atom is -0.497 e. The van der Waals surface area contributed by atoms with E-state index in [1.807, 2.05) is 0 Å². The van der Waals surface area contributed by atoms with Gasteiger partial charge in [-0.25, -0.2) is 13.1 Å². The summed E-state index contributed by atoms with van der Waals surface area (Å²) in [7, 11) is -2.17. The van der Waals surface area contributed by atoms with Gasteiger partial charge in [0.05, 0.1) is 25.2 Å². The van der Waals surface area contributed by atoms with Gasteiger partial charge in [0, 0.05) is 25.2 Å². The number of hydrogen-bond donors (Lipinski definition) is 1. The maximum Gasteiger partial charge on any atom is 0.254 e. The predicted octanol–water partition coefficient (Wildman–Crippen LogP) is 1.65. The highest BCUT2D eigenvalue weighted by Crippen LogP contribution is 2.16. The molecule has 1 fully saturated rings. The van der Waals surface area contributed by atoms with Gasteiger partial charge >= 0.3 is 0 Å². The molecule has 0 bridgehead atoms. The second-order valence-corrected chi connectivity index (χ2v) is 7.87. The van der Waals surface area contributed by atoms with Crippen LogP contribution in [0.4, 0.5) is 0 Å². The molecule has 0 atom stereocenters. The minimum atomic E-state index is -3.74. The van der Waals surface area contributed by atoms with Gasteiger partial charge in [-0.3, -0.25) is 4.79 Å². The van der Waals surface area contributed by atoms with Gasteiger partial charge in [0.1, 0.15) is 5.75 Å². The first-order valence-electron chi connectivity index (χ1n) is 8.59. The summed E-state index contributed by atoms with van der Waals surface area (Å²) in [5.74, 6) is 0.515. The third-order valence-electron chi connectivity index (χ3n) is 4.31. The lowest BCUT2D eigenvalue weighted by Crippen LogP contribution is -2.40. The molecule has 7 nitrogen and oxygen atoms in total. The first-order valence-corrected chi connectivity index (χ1v) is 10.1. The van der Waals surface area contributed by atoms with E-state index in [9.17, 15) is 13.2 Å². The van der Waals surface area contributed by atoms with Crippen molar-refractivity contribution in [2.45, 2.75) is 11.4 Å². The summed E-state index contributed by atoms with van der Waals surface area (Å²) in [5, 5.41) is 0. The summed E-state index contributed by atoms with van der Waals surface area (Å²) in [6.45, 7) is 2.14. The predicted molar refractivity (Wildman–Crippen MR) is 100 cm³/mol. The zero-order valence-corrected chi connectivity index (χ0v) is 15.9. The highest BCUT2D eigenvalue weighted by molar-refractivity contribution is 7.89. The largest absolute Gasteiger partial charge is 0.497 e. The van der Waals surface area contributed by atoms with Crippen molar-refractivity contribution in [3.63, 3.8) is 0 Å². The molecule has 0 radical (unpaired) electrons. The quantitative estimate of drug-likeness (QED) is 0.811. The number of sulfonamides is 1. The van der Waals surface area contributed by atoms with Gasteiger partial charge in [-0.15, -0.1) is 0 Å². The molecule has 1 aliphatic heterocycles. The zero-order valence-electron chi connectivity index (χ0n) is 15.1. The van der Waals surface area contributed by atoms with E-state index in [2.05, 4.69) is 4.72 Å². The van der Waals surface area contributed by atoms with Crippen LogP contribution in [0.2, 0.25) is 0 Å². The molecule has 1 heterocycles. The van der Waals surface area contributed by atoms with Crippen molar-refractivity contribution in [3.05, 3.63) is 59.7 Å². The van der Waals surface area contributed by atoms with Crippen LogP contribution in [0.25, 0.3) is 0 Å². The SMILES string of the molecule is COc1ccc(CNS(=O)(=O)c2cccc(C(=O)N3CCOCC3)c2)cc1. The Balaban J connectivity index is 1.71. The molecule has 0 aromatic heterocycles. The third-order valence-corrected chi connectivity index (χ3v) is 5.71. The van der Waals surface area contributed by atoms with Crippen LogP contribution in [0.1, 0.15) is 15.9 Å². The van der Waals surface area contributed by atoms with Crippen molar-refractivity contribution < 1.29 is 22.7 Å². The van der Waals surface area contributed by atoms with E-state index in [0.717, 1.165) is 5.56 Å². The van der Waals surface area contributed by atoms with Crippen molar-refractivity contribution in [1.29, 1.82) is 0 Å². The number of ether oxygens (including phenoxy) is 2. The molecular formula is C19H22N2O5S. The normalized spacial score (nSPS) is 14.8. The summed E-state index contributed by atoms with van der Waals surface area (Å²) >= 11 is 0.